The van der Waals surface area contributed by atoms with Crippen LogP contribution in [0.2, 0.25) is 0 Å². The topological polar surface area (TPSA) is 44.8 Å². The highest BCUT2D eigenvalue weighted by Gasteiger charge is 2.33. The summed E-state index contributed by atoms with van der Waals surface area (Å²) in [6, 6.07) is 3.70. The Morgan fingerprint density at radius 3 is 2.47 bits per heavy atom. The largest absolute Gasteiger partial charge is 0.573 e. The van der Waals surface area contributed by atoms with Crippen molar-refractivity contribution < 1.29 is 32.2 Å². The van der Waals surface area contributed by atoms with Crippen molar-refractivity contribution in [3.05, 3.63) is 22.7 Å². The summed E-state index contributed by atoms with van der Waals surface area (Å²) in [5.41, 5.74) is 0. The zero-order chi connectivity index (χ0) is 14.6. The molecule has 0 N–H and O–H groups in total. The first-order valence-corrected chi connectivity index (χ1v) is 5.82. The van der Waals surface area contributed by atoms with Gasteiger partial charge in [0, 0.05) is 4.47 Å². The third-order valence-corrected chi connectivity index (χ3v) is 2.46. The summed E-state index contributed by atoms with van der Waals surface area (Å²) in [5.74, 6) is -1.46. The summed E-state index contributed by atoms with van der Waals surface area (Å²) in [6.07, 6.45) is -5.91. The van der Waals surface area contributed by atoms with Crippen LogP contribution in [-0.2, 0) is 9.53 Å². The van der Waals surface area contributed by atoms with Gasteiger partial charge in [0.15, 0.2) is 17.6 Å². The number of halogens is 4. The van der Waals surface area contributed by atoms with Gasteiger partial charge in [0.2, 0.25) is 0 Å². The molecule has 106 valence electrons. The Kier molecular flexibility index (Phi) is 5.04. The van der Waals surface area contributed by atoms with Gasteiger partial charge in [-0.2, -0.15) is 0 Å². The summed E-state index contributed by atoms with van der Waals surface area (Å²) in [6.45, 7) is 1.35. The van der Waals surface area contributed by atoms with Crippen molar-refractivity contribution >= 4 is 21.9 Å². The van der Waals surface area contributed by atoms with Crippen molar-refractivity contribution in [1.29, 1.82) is 0 Å². The van der Waals surface area contributed by atoms with Crippen LogP contribution in [0, 0.1) is 0 Å². The number of ether oxygens (including phenoxy) is 3. The molecule has 0 saturated heterocycles. The molecule has 0 bridgehead atoms. The number of carbonyl (C=O) groups is 1. The van der Waals surface area contributed by atoms with E-state index in [2.05, 4.69) is 25.4 Å². The molecule has 0 radical (unpaired) electrons. The van der Waals surface area contributed by atoms with Crippen molar-refractivity contribution in [3.8, 4) is 11.5 Å². The van der Waals surface area contributed by atoms with Gasteiger partial charge in [0.1, 0.15) is 0 Å². The maximum Gasteiger partial charge on any atom is 0.573 e. The molecule has 1 aromatic carbocycles. The monoisotopic (exact) mass is 342 g/mol. The van der Waals surface area contributed by atoms with E-state index in [0.29, 0.717) is 4.47 Å². The summed E-state index contributed by atoms with van der Waals surface area (Å²) < 4.78 is 50.4. The van der Waals surface area contributed by atoms with Gasteiger partial charge < -0.3 is 14.2 Å². The minimum Gasteiger partial charge on any atom is -0.475 e. The molecular weight excluding hydrogens is 333 g/mol. The maximum atomic E-state index is 12.2. The first-order valence-electron chi connectivity index (χ1n) is 5.02. The minimum absolute atomic E-state index is 0.218. The second kappa shape index (κ2) is 6.14. The summed E-state index contributed by atoms with van der Waals surface area (Å²) >= 11 is 3.09. The van der Waals surface area contributed by atoms with Crippen molar-refractivity contribution in [2.75, 3.05) is 7.11 Å². The smallest absolute Gasteiger partial charge is 0.475 e. The number of esters is 1. The summed E-state index contributed by atoms with van der Waals surface area (Å²) in [4.78, 5) is 11.2. The van der Waals surface area contributed by atoms with Crippen LogP contribution >= 0.6 is 15.9 Å². The molecule has 0 aliphatic heterocycles. The summed E-state index contributed by atoms with van der Waals surface area (Å²) in [7, 11) is 1.15. The second-order valence-electron chi connectivity index (χ2n) is 3.42. The van der Waals surface area contributed by atoms with Gasteiger partial charge >= 0.3 is 12.3 Å². The minimum atomic E-state index is -4.85. The van der Waals surface area contributed by atoms with Crippen LogP contribution in [0.1, 0.15) is 6.92 Å². The highest BCUT2D eigenvalue weighted by Crippen LogP contribution is 2.35. The quantitative estimate of drug-likeness (QED) is 0.787. The van der Waals surface area contributed by atoms with Crippen LogP contribution < -0.4 is 9.47 Å². The van der Waals surface area contributed by atoms with Crippen molar-refractivity contribution in [2.24, 2.45) is 0 Å². The Hall–Kier alpha value is -1.44. The van der Waals surface area contributed by atoms with Gasteiger partial charge in [0.25, 0.3) is 0 Å². The van der Waals surface area contributed by atoms with E-state index in [1.165, 1.54) is 19.1 Å². The van der Waals surface area contributed by atoms with E-state index in [4.69, 9.17) is 4.74 Å². The lowest BCUT2D eigenvalue weighted by atomic mass is 10.3. The van der Waals surface area contributed by atoms with Gasteiger partial charge in [-0.25, -0.2) is 4.79 Å². The lowest BCUT2D eigenvalue weighted by Gasteiger charge is -2.17. The van der Waals surface area contributed by atoms with Crippen molar-refractivity contribution in [1.82, 2.24) is 0 Å². The Labute approximate surface area is 115 Å². The van der Waals surface area contributed by atoms with Gasteiger partial charge in [0.05, 0.1) is 7.11 Å². The van der Waals surface area contributed by atoms with E-state index in [-0.39, 0.29) is 5.75 Å². The number of benzene rings is 1. The molecular formula is C11H10BrF3O4. The van der Waals surface area contributed by atoms with Gasteiger partial charge in [-0.05, 0) is 25.1 Å². The lowest BCUT2D eigenvalue weighted by molar-refractivity contribution is -0.275. The normalized spacial score (nSPS) is 12.7. The van der Waals surface area contributed by atoms with E-state index >= 15 is 0 Å². The predicted molar refractivity (Wildman–Crippen MR) is 62.9 cm³/mol. The number of hydrogen-bond acceptors (Lipinski definition) is 4. The zero-order valence-electron chi connectivity index (χ0n) is 9.95. The lowest BCUT2D eigenvalue weighted by Crippen LogP contribution is -2.26. The molecule has 0 fully saturated rings. The second-order valence-corrected chi connectivity index (χ2v) is 4.34. The zero-order valence-corrected chi connectivity index (χ0v) is 11.5. The molecule has 1 atom stereocenters. The molecule has 1 aromatic rings. The van der Waals surface area contributed by atoms with Gasteiger partial charge in [-0.1, -0.05) is 15.9 Å². The Balaban J connectivity index is 2.97. The molecule has 19 heavy (non-hydrogen) atoms. The van der Waals surface area contributed by atoms with E-state index in [1.807, 2.05) is 0 Å². The number of rotatable bonds is 4. The molecule has 4 nitrogen and oxygen atoms in total. The summed E-state index contributed by atoms with van der Waals surface area (Å²) in [5, 5.41) is 0. The van der Waals surface area contributed by atoms with Crippen LogP contribution in [0.4, 0.5) is 13.2 Å². The molecule has 0 heterocycles. The number of alkyl halides is 3. The third-order valence-electron chi connectivity index (χ3n) is 1.97. The first kappa shape index (κ1) is 15.6. The highest BCUT2D eigenvalue weighted by molar-refractivity contribution is 9.10. The fourth-order valence-corrected chi connectivity index (χ4v) is 1.53. The van der Waals surface area contributed by atoms with E-state index < -0.39 is 24.2 Å². The average Bonchev–Trinajstić information content (AvgIpc) is 2.30. The molecule has 0 spiro atoms. The predicted octanol–water partition coefficient (Wildman–Crippen LogP) is 3.29. The Bertz CT molecular complexity index is 462. The van der Waals surface area contributed by atoms with Crippen LogP contribution in [-0.4, -0.2) is 25.5 Å². The van der Waals surface area contributed by atoms with E-state index in [0.717, 1.165) is 13.2 Å². The third kappa shape index (κ3) is 4.98. The van der Waals surface area contributed by atoms with Crippen LogP contribution in [0.15, 0.2) is 22.7 Å². The highest BCUT2D eigenvalue weighted by atomic mass is 79.9. The number of carbonyl (C=O) groups excluding carboxylic acids is 1. The fraction of sp³-hybridized carbons (Fsp3) is 0.364. The molecule has 8 heteroatoms. The van der Waals surface area contributed by atoms with Crippen molar-refractivity contribution in [2.45, 2.75) is 19.4 Å². The molecule has 1 unspecified atom stereocenters. The van der Waals surface area contributed by atoms with E-state index in [9.17, 15) is 18.0 Å². The first-order chi connectivity index (χ1) is 8.73. The van der Waals surface area contributed by atoms with Crippen LogP contribution in [0.25, 0.3) is 0 Å². The molecule has 0 aliphatic rings. The standard InChI is InChI=1S/C11H10BrF3O4/c1-6(10(16)17-2)18-9-5-7(12)3-4-8(9)19-11(13,14)15/h3-6H,1-2H3. The maximum absolute atomic E-state index is 12.2. The van der Waals surface area contributed by atoms with Crippen LogP contribution in [0.3, 0.4) is 0 Å². The van der Waals surface area contributed by atoms with E-state index in [1.54, 1.807) is 0 Å². The molecule has 0 amide bonds. The van der Waals surface area contributed by atoms with Gasteiger partial charge in [-0.15, -0.1) is 13.2 Å². The molecule has 1 rings (SSSR count). The fourth-order valence-electron chi connectivity index (χ4n) is 1.19. The Morgan fingerprint density at radius 1 is 1.32 bits per heavy atom. The van der Waals surface area contributed by atoms with Crippen LogP contribution in [0.5, 0.6) is 11.5 Å². The SMILES string of the molecule is COC(=O)C(C)Oc1cc(Br)ccc1OC(F)(F)F. The molecule has 0 saturated carbocycles. The van der Waals surface area contributed by atoms with Gasteiger partial charge in [-0.3, -0.25) is 0 Å². The average molecular weight is 343 g/mol. The number of methoxy groups -OCH3 is 1. The van der Waals surface area contributed by atoms with Crippen molar-refractivity contribution in [3.63, 3.8) is 0 Å². The number of hydrogen-bond donors (Lipinski definition) is 0. The Morgan fingerprint density at radius 2 is 1.95 bits per heavy atom. The molecule has 0 aliphatic carbocycles. The molecule has 0 aromatic heterocycles.